The highest BCUT2D eigenvalue weighted by atomic mass is 35.5. The van der Waals surface area contributed by atoms with Crippen molar-refractivity contribution >= 4 is 28.8 Å². The maximum Gasteiger partial charge on any atom is 0.320 e. The van der Waals surface area contributed by atoms with Crippen LogP contribution in [-0.4, -0.2) is 69.2 Å². The Morgan fingerprint density at radius 2 is 2.00 bits per heavy atom. The molecule has 182 valence electrons. The fourth-order valence-corrected chi connectivity index (χ4v) is 6.43. The number of carbonyl (C=O) groups excluding carboxylic acids is 1. The van der Waals surface area contributed by atoms with Crippen LogP contribution in [0.4, 0.5) is 4.79 Å². The van der Waals surface area contributed by atoms with Gasteiger partial charge in [-0.05, 0) is 67.5 Å². The summed E-state index contributed by atoms with van der Waals surface area (Å²) < 4.78 is 5.95. The van der Waals surface area contributed by atoms with Crippen LogP contribution >= 0.6 is 11.6 Å². The van der Waals surface area contributed by atoms with Crippen molar-refractivity contribution in [2.75, 3.05) is 26.2 Å². The summed E-state index contributed by atoms with van der Waals surface area (Å²) in [5, 5.41) is 4.25. The second-order valence-corrected chi connectivity index (χ2v) is 10.7. The second kappa shape index (κ2) is 8.47. The first-order valence-corrected chi connectivity index (χ1v) is 13.1. The molecule has 3 aromatic rings. The van der Waals surface area contributed by atoms with Crippen LogP contribution in [0.1, 0.15) is 48.4 Å². The number of aromatic amines is 1. The summed E-state index contributed by atoms with van der Waals surface area (Å²) >= 11 is 6.32. The van der Waals surface area contributed by atoms with Crippen LogP contribution in [0.5, 0.6) is 0 Å². The molecule has 3 saturated heterocycles. The molecule has 6 heterocycles. The van der Waals surface area contributed by atoms with E-state index < -0.39 is 0 Å². The third-order valence-electron chi connectivity index (χ3n) is 8.03. The number of morpholine rings is 1. The number of urea groups is 1. The predicted molar refractivity (Wildman–Crippen MR) is 133 cm³/mol. The van der Waals surface area contributed by atoms with E-state index in [1.54, 1.807) is 6.20 Å². The van der Waals surface area contributed by atoms with Crippen molar-refractivity contribution < 1.29 is 9.53 Å². The minimum atomic E-state index is 0.156. The van der Waals surface area contributed by atoms with Crippen LogP contribution in [0, 0.1) is 0 Å². The van der Waals surface area contributed by atoms with E-state index in [1.807, 2.05) is 16.0 Å². The standard InChI is InChI=1S/C26H29ClN6O2/c27-21-10-29-25-24(21)31-23(11-30-25)16-8-15-5-7-32(14-20(15)19(9-16)22-2-1-6-28-22)26(34)33-12-17-3-4-18(13-33)35-17/h8-11,17-18,22,28H,1-7,12-14H2,(H,29,30)/t17?,18?,22-/m0/s1. The van der Waals surface area contributed by atoms with Crippen molar-refractivity contribution in [1.29, 1.82) is 0 Å². The molecule has 4 aliphatic heterocycles. The fraction of sp³-hybridized carbons (Fsp3) is 0.500. The van der Waals surface area contributed by atoms with E-state index in [1.165, 1.54) is 16.7 Å². The van der Waals surface area contributed by atoms with E-state index in [9.17, 15) is 4.79 Å². The molecule has 9 heteroatoms. The fourth-order valence-electron chi connectivity index (χ4n) is 6.24. The van der Waals surface area contributed by atoms with Gasteiger partial charge in [0.15, 0.2) is 5.65 Å². The lowest BCUT2D eigenvalue weighted by Crippen LogP contribution is -2.52. The largest absolute Gasteiger partial charge is 0.371 e. The molecular weight excluding hydrogens is 464 g/mol. The zero-order chi connectivity index (χ0) is 23.5. The topological polar surface area (TPSA) is 86.4 Å². The predicted octanol–water partition coefficient (Wildman–Crippen LogP) is 4.04. The first-order valence-electron chi connectivity index (χ1n) is 12.7. The minimum absolute atomic E-state index is 0.156. The molecule has 7 rings (SSSR count). The van der Waals surface area contributed by atoms with Gasteiger partial charge in [-0.3, -0.25) is 0 Å². The first-order chi connectivity index (χ1) is 17.1. The SMILES string of the molecule is O=C(N1CCc2cc(-c3cnc4[nH]cc(Cl)c4n3)cc([C@@H]3CCCN3)c2C1)N1CC2CCC(C1)O2. The molecule has 0 radical (unpaired) electrons. The number of benzene rings is 1. The van der Waals surface area contributed by atoms with Gasteiger partial charge in [-0.25, -0.2) is 14.8 Å². The van der Waals surface area contributed by atoms with E-state index in [-0.39, 0.29) is 18.2 Å². The number of carbonyl (C=O) groups is 1. The number of amides is 2. The van der Waals surface area contributed by atoms with Gasteiger partial charge >= 0.3 is 6.03 Å². The molecule has 1 aromatic carbocycles. The monoisotopic (exact) mass is 492 g/mol. The lowest BCUT2D eigenvalue weighted by atomic mass is 9.88. The van der Waals surface area contributed by atoms with Crippen LogP contribution in [0.2, 0.25) is 5.02 Å². The lowest BCUT2D eigenvalue weighted by molar-refractivity contribution is -0.0291. The molecule has 2 amide bonds. The van der Waals surface area contributed by atoms with Gasteiger partial charge in [-0.15, -0.1) is 0 Å². The van der Waals surface area contributed by atoms with Gasteiger partial charge < -0.3 is 24.8 Å². The van der Waals surface area contributed by atoms with Crippen LogP contribution in [0.3, 0.4) is 0 Å². The minimum Gasteiger partial charge on any atom is -0.371 e. The molecule has 4 aliphatic rings. The lowest BCUT2D eigenvalue weighted by Gasteiger charge is -2.38. The molecule has 0 spiro atoms. The summed E-state index contributed by atoms with van der Waals surface area (Å²) in [6.45, 7) is 3.85. The van der Waals surface area contributed by atoms with Gasteiger partial charge in [0, 0.05) is 44.0 Å². The number of nitrogens with zero attached hydrogens (tertiary/aromatic N) is 4. The van der Waals surface area contributed by atoms with Gasteiger partial charge in [0.05, 0.1) is 29.1 Å². The van der Waals surface area contributed by atoms with Gasteiger partial charge in [0.1, 0.15) is 5.52 Å². The Morgan fingerprint density at radius 1 is 1.14 bits per heavy atom. The molecule has 2 aromatic heterocycles. The van der Waals surface area contributed by atoms with Crippen molar-refractivity contribution in [3.63, 3.8) is 0 Å². The zero-order valence-corrected chi connectivity index (χ0v) is 20.4. The number of H-pyrrole nitrogens is 1. The van der Waals surface area contributed by atoms with Gasteiger partial charge in [-0.2, -0.15) is 0 Å². The molecule has 2 bridgehead atoms. The maximum atomic E-state index is 13.5. The van der Waals surface area contributed by atoms with E-state index in [0.717, 1.165) is 69.5 Å². The number of aromatic nitrogens is 3. The van der Waals surface area contributed by atoms with Gasteiger partial charge in [0.2, 0.25) is 0 Å². The molecule has 3 fully saturated rings. The van der Waals surface area contributed by atoms with Crippen molar-refractivity contribution in [2.24, 2.45) is 0 Å². The molecule has 0 aliphatic carbocycles. The Balaban J connectivity index is 1.23. The van der Waals surface area contributed by atoms with Crippen molar-refractivity contribution in [1.82, 2.24) is 30.1 Å². The number of halogens is 1. The molecular formula is C26H29ClN6O2. The molecule has 0 saturated carbocycles. The Kier molecular flexibility index (Phi) is 5.22. The average Bonchev–Trinajstić information content (AvgIpc) is 3.63. The van der Waals surface area contributed by atoms with Gasteiger partial charge in [0.25, 0.3) is 0 Å². The maximum absolute atomic E-state index is 13.5. The van der Waals surface area contributed by atoms with Crippen LogP contribution in [0.15, 0.2) is 24.5 Å². The number of rotatable bonds is 2. The van der Waals surface area contributed by atoms with E-state index in [4.69, 9.17) is 21.3 Å². The first kappa shape index (κ1) is 21.6. The number of ether oxygens (including phenoxy) is 1. The van der Waals surface area contributed by atoms with E-state index >= 15 is 0 Å². The normalized spacial score (nSPS) is 25.9. The highest BCUT2D eigenvalue weighted by molar-refractivity contribution is 6.34. The van der Waals surface area contributed by atoms with E-state index in [0.29, 0.717) is 28.8 Å². The third-order valence-corrected chi connectivity index (χ3v) is 8.32. The number of hydrogen-bond donors (Lipinski definition) is 2. The summed E-state index contributed by atoms with van der Waals surface area (Å²) in [7, 11) is 0. The second-order valence-electron chi connectivity index (χ2n) is 10.3. The molecule has 2 unspecified atom stereocenters. The summed E-state index contributed by atoms with van der Waals surface area (Å²) in [6, 6.07) is 4.94. The quantitative estimate of drug-likeness (QED) is 0.563. The number of fused-ring (bicyclic) bond motifs is 4. The summed E-state index contributed by atoms with van der Waals surface area (Å²) in [5.74, 6) is 0. The highest BCUT2D eigenvalue weighted by Gasteiger charge is 2.38. The van der Waals surface area contributed by atoms with Crippen LogP contribution in [-0.2, 0) is 17.7 Å². The van der Waals surface area contributed by atoms with Crippen molar-refractivity contribution in [2.45, 2.75) is 56.9 Å². The molecule has 8 nitrogen and oxygen atoms in total. The molecule has 3 atom stereocenters. The third kappa shape index (κ3) is 3.79. The van der Waals surface area contributed by atoms with E-state index in [2.05, 4.69) is 27.4 Å². The van der Waals surface area contributed by atoms with Crippen LogP contribution < -0.4 is 5.32 Å². The highest BCUT2D eigenvalue weighted by Crippen LogP contribution is 2.36. The van der Waals surface area contributed by atoms with Gasteiger partial charge in [-0.1, -0.05) is 11.6 Å². The van der Waals surface area contributed by atoms with Crippen molar-refractivity contribution in [3.8, 4) is 11.3 Å². The summed E-state index contributed by atoms with van der Waals surface area (Å²) in [4.78, 5) is 29.9. The summed E-state index contributed by atoms with van der Waals surface area (Å²) in [6.07, 6.45) is 9.20. The van der Waals surface area contributed by atoms with Crippen molar-refractivity contribution in [3.05, 3.63) is 46.2 Å². The molecule has 2 N–H and O–H groups in total. The Morgan fingerprint density at radius 3 is 2.80 bits per heavy atom. The number of hydrogen-bond acceptors (Lipinski definition) is 5. The smallest absolute Gasteiger partial charge is 0.320 e. The summed E-state index contributed by atoms with van der Waals surface area (Å²) in [5.41, 5.74) is 7.15. The number of nitrogens with one attached hydrogen (secondary N) is 2. The molecule has 35 heavy (non-hydrogen) atoms. The Labute approximate surface area is 209 Å². The Bertz CT molecular complexity index is 1290. The van der Waals surface area contributed by atoms with Crippen LogP contribution in [0.25, 0.3) is 22.4 Å². The Hall–Kier alpha value is -2.68. The zero-order valence-electron chi connectivity index (χ0n) is 19.6. The number of likely N-dealkylation sites (tertiary alicyclic amines) is 1. The average molecular weight is 493 g/mol.